The van der Waals surface area contributed by atoms with Gasteiger partial charge in [0.2, 0.25) is 5.88 Å². The van der Waals surface area contributed by atoms with Crippen LogP contribution in [0, 0.1) is 3.57 Å². The highest BCUT2D eigenvalue weighted by atomic mass is 127. The second-order valence-electron chi connectivity index (χ2n) is 2.51. The van der Waals surface area contributed by atoms with Crippen LogP contribution in [0.25, 0.3) is 0 Å². The first-order valence-corrected chi connectivity index (χ1v) is 4.89. The largest absolute Gasteiger partial charge is 0.481 e. The molecule has 0 atom stereocenters. The van der Waals surface area contributed by atoms with E-state index in [0.717, 1.165) is 0 Å². The van der Waals surface area contributed by atoms with Crippen LogP contribution in [0.4, 0.5) is 8.78 Å². The second-order valence-corrected chi connectivity index (χ2v) is 3.67. The fourth-order valence-corrected chi connectivity index (χ4v) is 1.77. The highest BCUT2D eigenvalue weighted by Gasteiger charge is 2.21. The number of methoxy groups -OCH3 is 1. The number of nitrogens with two attached hydrogens (primary N) is 1. The molecule has 0 aliphatic heterocycles. The first-order chi connectivity index (χ1) is 6.61. The molecule has 0 bridgehead atoms. The highest BCUT2D eigenvalue weighted by molar-refractivity contribution is 14.1. The standard InChI is InChI=1S/C8H9F2IN2O/c1-14-8-6(7(9)10)4(2-12)5(11)3-13-8/h3,7H,2,12H2,1H3. The minimum absolute atomic E-state index is 0.0524. The van der Waals surface area contributed by atoms with E-state index in [1.54, 1.807) is 0 Å². The van der Waals surface area contributed by atoms with E-state index in [9.17, 15) is 8.78 Å². The molecule has 0 saturated carbocycles. The minimum Gasteiger partial charge on any atom is -0.481 e. The molecule has 6 heteroatoms. The average molecular weight is 314 g/mol. The lowest BCUT2D eigenvalue weighted by Gasteiger charge is -2.12. The van der Waals surface area contributed by atoms with Gasteiger partial charge in [-0.15, -0.1) is 0 Å². The van der Waals surface area contributed by atoms with E-state index in [-0.39, 0.29) is 18.0 Å². The van der Waals surface area contributed by atoms with Crippen molar-refractivity contribution in [3.8, 4) is 5.88 Å². The molecule has 78 valence electrons. The van der Waals surface area contributed by atoms with Crippen molar-refractivity contribution in [2.45, 2.75) is 13.0 Å². The summed E-state index contributed by atoms with van der Waals surface area (Å²) in [6, 6.07) is 0. The summed E-state index contributed by atoms with van der Waals surface area (Å²) in [6.45, 7) is 0.0524. The number of hydrogen-bond donors (Lipinski definition) is 1. The Morgan fingerprint density at radius 2 is 2.29 bits per heavy atom. The number of pyridine rings is 1. The second kappa shape index (κ2) is 4.83. The third-order valence-corrected chi connectivity index (χ3v) is 2.68. The van der Waals surface area contributed by atoms with Crippen molar-refractivity contribution in [1.29, 1.82) is 0 Å². The van der Waals surface area contributed by atoms with Gasteiger partial charge < -0.3 is 10.5 Å². The minimum atomic E-state index is -2.62. The smallest absolute Gasteiger partial charge is 0.269 e. The monoisotopic (exact) mass is 314 g/mol. The number of alkyl halides is 2. The van der Waals surface area contributed by atoms with Crippen LogP contribution in [0.3, 0.4) is 0 Å². The van der Waals surface area contributed by atoms with E-state index in [2.05, 4.69) is 4.98 Å². The summed E-state index contributed by atoms with van der Waals surface area (Å²) in [5.74, 6) is -0.0548. The molecule has 1 heterocycles. The van der Waals surface area contributed by atoms with Crippen molar-refractivity contribution < 1.29 is 13.5 Å². The molecule has 0 aliphatic rings. The summed E-state index contributed by atoms with van der Waals surface area (Å²) >= 11 is 1.92. The molecule has 1 rings (SSSR count). The molecular weight excluding hydrogens is 305 g/mol. The molecule has 0 amide bonds. The molecule has 0 aliphatic carbocycles. The van der Waals surface area contributed by atoms with Crippen LogP contribution in [0.5, 0.6) is 5.88 Å². The molecule has 0 unspecified atom stereocenters. The lowest BCUT2D eigenvalue weighted by Crippen LogP contribution is -2.08. The average Bonchev–Trinajstić information content (AvgIpc) is 2.17. The number of nitrogens with zero attached hydrogens (tertiary/aromatic N) is 1. The van der Waals surface area contributed by atoms with Crippen LogP contribution in [0.1, 0.15) is 17.6 Å². The lowest BCUT2D eigenvalue weighted by molar-refractivity contribution is 0.144. The van der Waals surface area contributed by atoms with Crippen LogP contribution in [0.15, 0.2) is 6.20 Å². The lowest BCUT2D eigenvalue weighted by atomic mass is 10.1. The predicted molar refractivity (Wildman–Crippen MR) is 56.4 cm³/mol. The summed E-state index contributed by atoms with van der Waals surface area (Å²) in [6.07, 6.45) is -1.15. The summed E-state index contributed by atoms with van der Waals surface area (Å²) in [5.41, 5.74) is 5.58. The van der Waals surface area contributed by atoms with Crippen molar-refractivity contribution in [1.82, 2.24) is 4.98 Å². The van der Waals surface area contributed by atoms with E-state index >= 15 is 0 Å². The molecule has 1 aromatic heterocycles. The van der Waals surface area contributed by atoms with Crippen LogP contribution >= 0.6 is 22.6 Å². The van der Waals surface area contributed by atoms with Gasteiger partial charge in [-0.3, -0.25) is 0 Å². The zero-order chi connectivity index (χ0) is 10.7. The fourth-order valence-electron chi connectivity index (χ4n) is 1.12. The number of hydrogen-bond acceptors (Lipinski definition) is 3. The molecule has 0 fully saturated rings. The van der Waals surface area contributed by atoms with Gasteiger partial charge in [0.15, 0.2) is 0 Å². The van der Waals surface area contributed by atoms with Crippen molar-refractivity contribution in [3.05, 3.63) is 20.9 Å². The van der Waals surface area contributed by atoms with Crippen molar-refractivity contribution >= 4 is 22.6 Å². The summed E-state index contributed by atoms with van der Waals surface area (Å²) < 4.78 is 30.7. The van der Waals surface area contributed by atoms with Crippen LogP contribution in [-0.4, -0.2) is 12.1 Å². The van der Waals surface area contributed by atoms with Gasteiger partial charge in [-0.2, -0.15) is 0 Å². The number of rotatable bonds is 3. The van der Waals surface area contributed by atoms with Crippen LogP contribution in [-0.2, 0) is 6.54 Å². The van der Waals surface area contributed by atoms with Gasteiger partial charge in [-0.1, -0.05) is 0 Å². The third-order valence-electron chi connectivity index (χ3n) is 1.75. The summed E-state index contributed by atoms with van der Waals surface area (Å²) in [7, 11) is 1.31. The molecule has 2 N–H and O–H groups in total. The molecule has 0 saturated heterocycles. The van der Waals surface area contributed by atoms with Gasteiger partial charge in [0.1, 0.15) is 0 Å². The van der Waals surface area contributed by atoms with Crippen molar-refractivity contribution in [2.75, 3.05) is 7.11 Å². The normalized spacial score (nSPS) is 10.7. The molecule has 0 radical (unpaired) electrons. The Kier molecular flexibility index (Phi) is 3.99. The third kappa shape index (κ3) is 2.11. The molecule has 1 aromatic rings. The van der Waals surface area contributed by atoms with Gasteiger partial charge in [0.05, 0.1) is 12.7 Å². The maximum absolute atomic E-state index is 12.7. The molecular formula is C8H9F2IN2O. The van der Waals surface area contributed by atoms with Crippen molar-refractivity contribution in [3.63, 3.8) is 0 Å². The van der Waals surface area contributed by atoms with Gasteiger partial charge >= 0.3 is 0 Å². The Morgan fingerprint density at radius 1 is 1.64 bits per heavy atom. The van der Waals surface area contributed by atoms with E-state index in [1.165, 1.54) is 13.3 Å². The Hall–Kier alpha value is -0.500. The fraction of sp³-hybridized carbons (Fsp3) is 0.375. The predicted octanol–water partition coefficient (Wildman–Crippen LogP) is 2.09. The van der Waals surface area contributed by atoms with E-state index in [1.807, 2.05) is 22.6 Å². The van der Waals surface area contributed by atoms with E-state index in [0.29, 0.717) is 9.13 Å². The summed E-state index contributed by atoms with van der Waals surface area (Å²) in [5, 5.41) is 0. The van der Waals surface area contributed by atoms with Gasteiger partial charge in [0, 0.05) is 16.3 Å². The number of halogens is 3. The molecule has 0 spiro atoms. The van der Waals surface area contributed by atoms with E-state index in [4.69, 9.17) is 10.5 Å². The molecule has 0 aromatic carbocycles. The number of ether oxygens (including phenoxy) is 1. The van der Waals surface area contributed by atoms with Gasteiger partial charge in [0.25, 0.3) is 6.43 Å². The van der Waals surface area contributed by atoms with E-state index < -0.39 is 6.43 Å². The Bertz CT molecular complexity index is 333. The Balaban J connectivity index is 3.36. The number of aromatic nitrogens is 1. The summed E-state index contributed by atoms with van der Waals surface area (Å²) in [4.78, 5) is 3.76. The SMILES string of the molecule is COc1ncc(I)c(CN)c1C(F)F. The zero-order valence-electron chi connectivity index (χ0n) is 7.43. The topological polar surface area (TPSA) is 48.1 Å². The Morgan fingerprint density at radius 3 is 2.71 bits per heavy atom. The quantitative estimate of drug-likeness (QED) is 0.869. The van der Waals surface area contributed by atoms with Crippen LogP contribution < -0.4 is 10.5 Å². The van der Waals surface area contributed by atoms with Crippen molar-refractivity contribution in [2.24, 2.45) is 5.73 Å². The zero-order valence-corrected chi connectivity index (χ0v) is 9.59. The highest BCUT2D eigenvalue weighted by Crippen LogP contribution is 2.32. The molecule has 3 nitrogen and oxygen atoms in total. The van der Waals surface area contributed by atoms with Gasteiger partial charge in [-0.05, 0) is 28.2 Å². The maximum atomic E-state index is 12.7. The van der Waals surface area contributed by atoms with Gasteiger partial charge in [-0.25, -0.2) is 13.8 Å². The first-order valence-electron chi connectivity index (χ1n) is 3.81. The first kappa shape index (κ1) is 11.6. The maximum Gasteiger partial charge on any atom is 0.269 e. The van der Waals surface area contributed by atoms with Crippen LogP contribution in [0.2, 0.25) is 0 Å². The molecule has 14 heavy (non-hydrogen) atoms. The Labute approximate surface area is 93.8 Å².